The maximum atomic E-state index is 12.8. The van der Waals surface area contributed by atoms with E-state index in [1.165, 1.54) is 6.07 Å². The second-order valence-corrected chi connectivity index (χ2v) is 8.87. The summed E-state index contributed by atoms with van der Waals surface area (Å²) in [7, 11) is 0. The number of imide groups is 1. The predicted molar refractivity (Wildman–Crippen MR) is 115 cm³/mol. The number of rotatable bonds is 4. The number of hydrogen-bond acceptors (Lipinski definition) is 6. The number of nitrogens with zero attached hydrogens (tertiary/aromatic N) is 2. The van der Waals surface area contributed by atoms with Gasteiger partial charge in [0, 0.05) is 17.8 Å². The summed E-state index contributed by atoms with van der Waals surface area (Å²) < 4.78 is 16.7. The first-order valence-corrected chi connectivity index (χ1v) is 9.75. The van der Waals surface area contributed by atoms with E-state index in [9.17, 15) is 9.59 Å². The molecule has 1 heterocycles. The molecule has 0 aliphatic rings. The van der Waals surface area contributed by atoms with Gasteiger partial charge in [-0.15, -0.1) is 0 Å². The van der Waals surface area contributed by atoms with E-state index in [1.54, 1.807) is 54.5 Å². The van der Waals surface area contributed by atoms with E-state index >= 15 is 0 Å². The zero-order valence-electron chi connectivity index (χ0n) is 18.7. The lowest BCUT2D eigenvalue weighted by Gasteiger charge is -2.28. The molecule has 0 atom stereocenters. The van der Waals surface area contributed by atoms with Gasteiger partial charge in [0.1, 0.15) is 23.6 Å². The number of ether oxygens (including phenoxy) is 3. The fourth-order valence-electron chi connectivity index (χ4n) is 2.44. The number of aromatic nitrogens is 1. The Bertz CT molecular complexity index is 855. The first-order chi connectivity index (χ1) is 13.8. The van der Waals surface area contributed by atoms with Crippen molar-refractivity contribution >= 4 is 18.0 Å². The van der Waals surface area contributed by atoms with E-state index in [-0.39, 0.29) is 5.82 Å². The zero-order chi connectivity index (χ0) is 22.5. The van der Waals surface area contributed by atoms with Gasteiger partial charge in [-0.1, -0.05) is 30.3 Å². The van der Waals surface area contributed by atoms with Crippen LogP contribution in [-0.4, -0.2) is 28.4 Å². The molecule has 0 bridgehead atoms. The quantitative estimate of drug-likeness (QED) is 0.644. The minimum absolute atomic E-state index is 0.0709. The molecule has 1 aromatic heterocycles. The average molecular weight is 415 g/mol. The molecule has 0 aliphatic heterocycles. The highest BCUT2D eigenvalue weighted by Crippen LogP contribution is 2.25. The Morgan fingerprint density at radius 1 is 0.900 bits per heavy atom. The van der Waals surface area contributed by atoms with E-state index in [4.69, 9.17) is 14.2 Å². The lowest BCUT2D eigenvalue weighted by molar-refractivity contribution is 0.0429. The highest BCUT2D eigenvalue weighted by atomic mass is 16.6. The third-order valence-electron chi connectivity index (χ3n) is 3.54. The minimum atomic E-state index is -0.871. The normalized spacial score (nSPS) is 11.6. The van der Waals surface area contributed by atoms with Gasteiger partial charge in [-0.25, -0.2) is 14.6 Å². The van der Waals surface area contributed by atoms with E-state index in [0.717, 1.165) is 10.5 Å². The van der Waals surface area contributed by atoms with Crippen LogP contribution in [0, 0.1) is 6.92 Å². The average Bonchev–Trinajstić information content (AvgIpc) is 2.57. The largest absolute Gasteiger partial charge is 0.489 e. The SMILES string of the molecule is Cc1cc(OCc2ccccc2)cc(N(C(=O)OC(C)(C)C)C(=O)OC(C)(C)C)n1. The Hall–Kier alpha value is -3.09. The van der Waals surface area contributed by atoms with Crippen molar-refractivity contribution < 1.29 is 23.8 Å². The highest BCUT2D eigenvalue weighted by Gasteiger charge is 2.34. The fraction of sp³-hybridized carbons (Fsp3) is 0.435. The van der Waals surface area contributed by atoms with Gasteiger partial charge < -0.3 is 14.2 Å². The van der Waals surface area contributed by atoms with Gasteiger partial charge in [0.25, 0.3) is 0 Å². The molecule has 2 amide bonds. The molecular weight excluding hydrogens is 384 g/mol. The van der Waals surface area contributed by atoms with Crippen LogP contribution in [0.25, 0.3) is 0 Å². The summed E-state index contributed by atoms with van der Waals surface area (Å²) in [5.41, 5.74) is -0.0286. The molecule has 0 N–H and O–H groups in total. The number of benzene rings is 1. The number of carbonyl (C=O) groups excluding carboxylic acids is 2. The predicted octanol–water partition coefficient (Wildman–Crippen LogP) is 5.65. The summed E-state index contributed by atoms with van der Waals surface area (Å²) in [6, 6.07) is 12.9. The van der Waals surface area contributed by atoms with Crippen LogP contribution in [0.3, 0.4) is 0 Å². The smallest absolute Gasteiger partial charge is 0.425 e. The third-order valence-corrected chi connectivity index (χ3v) is 3.54. The lowest BCUT2D eigenvalue weighted by atomic mass is 10.2. The van der Waals surface area contributed by atoms with Crippen molar-refractivity contribution in [2.75, 3.05) is 4.90 Å². The second-order valence-electron chi connectivity index (χ2n) is 8.87. The maximum absolute atomic E-state index is 12.8. The van der Waals surface area contributed by atoms with Gasteiger partial charge in [-0.05, 0) is 54.0 Å². The van der Waals surface area contributed by atoms with E-state index in [2.05, 4.69) is 4.98 Å². The topological polar surface area (TPSA) is 78.0 Å². The zero-order valence-corrected chi connectivity index (χ0v) is 18.7. The molecule has 0 fully saturated rings. The van der Waals surface area contributed by atoms with Gasteiger partial charge in [-0.3, -0.25) is 0 Å². The van der Waals surface area contributed by atoms with E-state index in [0.29, 0.717) is 18.1 Å². The molecule has 0 saturated heterocycles. The number of anilines is 1. The monoisotopic (exact) mass is 414 g/mol. The highest BCUT2D eigenvalue weighted by molar-refractivity contribution is 6.08. The summed E-state index contributed by atoms with van der Waals surface area (Å²) >= 11 is 0. The van der Waals surface area contributed by atoms with Crippen LogP contribution in [0.1, 0.15) is 52.8 Å². The van der Waals surface area contributed by atoms with Crippen molar-refractivity contribution in [2.24, 2.45) is 0 Å². The third kappa shape index (κ3) is 7.39. The Balaban J connectivity index is 2.35. The van der Waals surface area contributed by atoms with Gasteiger partial charge in [0.15, 0.2) is 5.82 Å². The number of amides is 2. The molecule has 2 rings (SSSR count). The molecule has 1 aromatic carbocycles. The van der Waals surface area contributed by atoms with Crippen LogP contribution in [0.5, 0.6) is 5.75 Å². The summed E-state index contributed by atoms with van der Waals surface area (Å²) in [4.78, 5) is 30.7. The van der Waals surface area contributed by atoms with E-state index in [1.807, 2.05) is 30.3 Å². The Kier molecular flexibility index (Phi) is 7.08. The summed E-state index contributed by atoms with van der Waals surface area (Å²) in [5.74, 6) is 0.542. The molecule has 0 unspecified atom stereocenters. The standard InChI is InChI=1S/C23H30N2O5/c1-16-13-18(28-15-17-11-9-8-10-12-17)14-19(24-16)25(20(26)29-22(2,3)4)21(27)30-23(5,6)7/h8-14H,15H2,1-7H3. The van der Waals surface area contributed by atoms with E-state index < -0.39 is 23.4 Å². The molecule has 0 spiro atoms. The number of pyridine rings is 1. The molecule has 162 valence electrons. The first kappa shape index (κ1) is 23.2. The molecule has 7 nitrogen and oxygen atoms in total. The van der Waals surface area contributed by atoms with Crippen molar-refractivity contribution in [2.45, 2.75) is 66.3 Å². The van der Waals surface area contributed by atoms with Crippen LogP contribution < -0.4 is 9.64 Å². The summed E-state index contributed by atoms with van der Waals surface area (Å²) in [6.07, 6.45) is -1.74. The molecule has 0 saturated carbocycles. The maximum Gasteiger partial charge on any atom is 0.425 e. The van der Waals surface area contributed by atoms with Crippen LogP contribution in [0.4, 0.5) is 15.4 Å². The van der Waals surface area contributed by atoms with Crippen molar-refractivity contribution in [3.05, 3.63) is 53.7 Å². The number of aryl methyl sites for hydroxylation is 1. The molecule has 30 heavy (non-hydrogen) atoms. The Morgan fingerprint density at radius 3 is 1.93 bits per heavy atom. The van der Waals surface area contributed by atoms with Gasteiger partial charge in [0.05, 0.1) is 0 Å². The van der Waals surface area contributed by atoms with Crippen molar-refractivity contribution in [3.8, 4) is 5.75 Å². The van der Waals surface area contributed by atoms with Crippen LogP contribution in [0.2, 0.25) is 0 Å². The first-order valence-electron chi connectivity index (χ1n) is 9.75. The molecule has 2 aromatic rings. The van der Waals surface area contributed by atoms with Gasteiger partial charge in [0.2, 0.25) is 0 Å². The van der Waals surface area contributed by atoms with Crippen molar-refractivity contribution in [3.63, 3.8) is 0 Å². The van der Waals surface area contributed by atoms with Gasteiger partial charge >= 0.3 is 12.2 Å². The lowest BCUT2D eigenvalue weighted by Crippen LogP contribution is -2.44. The molecule has 0 radical (unpaired) electrons. The molecule has 7 heteroatoms. The Morgan fingerprint density at radius 2 is 1.43 bits per heavy atom. The Labute approximate surface area is 178 Å². The van der Waals surface area contributed by atoms with Crippen molar-refractivity contribution in [1.29, 1.82) is 0 Å². The van der Waals surface area contributed by atoms with Gasteiger partial charge in [-0.2, -0.15) is 4.90 Å². The van der Waals surface area contributed by atoms with Crippen molar-refractivity contribution in [1.82, 2.24) is 4.98 Å². The summed E-state index contributed by atoms with van der Waals surface area (Å²) in [6.45, 7) is 12.4. The molecule has 0 aliphatic carbocycles. The van der Waals surface area contributed by atoms with Crippen LogP contribution in [0.15, 0.2) is 42.5 Å². The van der Waals surface area contributed by atoms with Crippen LogP contribution >= 0.6 is 0 Å². The fourth-order valence-corrected chi connectivity index (χ4v) is 2.44. The molecular formula is C23H30N2O5. The second kappa shape index (κ2) is 9.15. The number of hydrogen-bond donors (Lipinski definition) is 0. The van der Waals surface area contributed by atoms with Crippen LogP contribution in [-0.2, 0) is 16.1 Å². The minimum Gasteiger partial charge on any atom is -0.489 e. The summed E-state index contributed by atoms with van der Waals surface area (Å²) in [5, 5.41) is 0. The number of carbonyl (C=O) groups is 2.